The van der Waals surface area contributed by atoms with Gasteiger partial charge in [0.15, 0.2) is 17.5 Å². The Morgan fingerprint density at radius 2 is 1.94 bits per heavy atom. The number of halogens is 2. The van der Waals surface area contributed by atoms with Crippen LogP contribution in [-0.2, 0) is 0 Å². The van der Waals surface area contributed by atoms with Crippen LogP contribution in [0.25, 0.3) is 11.3 Å². The SMILES string of the molecule is CC(C)c1nc(-c2cccc(F)c2F)c(N)n1N. The number of hydrogen-bond donors (Lipinski definition) is 2. The van der Waals surface area contributed by atoms with Crippen molar-refractivity contribution in [1.82, 2.24) is 9.66 Å². The molecule has 0 bridgehead atoms. The van der Waals surface area contributed by atoms with Crippen LogP contribution in [-0.4, -0.2) is 9.66 Å². The largest absolute Gasteiger partial charge is 0.382 e. The van der Waals surface area contributed by atoms with Gasteiger partial charge in [-0.15, -0.1) is 0 Å². The van der Waals surface area contributed by atoms with Crippen molar-refractivity contribution >= 4 is 5.82 Å². The molecule has 0 aliphatic heterocycles. The summed E-state index contributed by atoms with van der Waals surface area (Å²) >= 11 is 0. The molecule has 4 nitrogen and oxygen atoms in total. The molecule has 4 N–H and O–H groups in total. The Bertz CT molecular complexity index is 590. The van der Waals surface area contributed by atoms with Gasteiger partial charge in [-0.2, -0.15) is 0 Å². The van der Waals surface area contributed by atoms with Crippen molar-refractivity contribution in [3.05, 3.63) is 35.7 Å². The minimum absolute atomic E-state index is 0.0126. The monoisotopic (exact) mass is 252 g/mol. The van der Waals surface area contributed by atoms with Crippen LogP contribution in [0.2, 0.25) is 0 Å². The van der Waals surface area contributed by atoms with Gasteiger partial charge in [-0.1, -0.05) is 19.9 Å². The van der Waals surface area contributed by atoms with Gasteiger partial charge < -0.3 is 11.6 Å². The van der Waals surface area contributed by atoms with Gasteiger partial charge in [-0.05, 0) is 12.1 Å². The number of nitrogens with two attached hydrogens (primary N) is 2. The predicted octanol–water partition coefficient (Wildman–Crippen LogP) is 2.25. The van der Waals surface area contributed by atoms with E-state index in [1.54, 1.807) is 0 Å². The summed E-state index contributed by atoms with van der Waals surface area (Å²) in [4.78, 5) is 4.19. The minimum atomic E-state index is -0.974. The number of nitrogen functional groups attached to an aromatic ring is 2. The van der Waals surface area contributed by atoms with E-state index in [2.05, 4.69) is 4.98 Å². The maximum absolute atomic E-state index is 13.7. The number of hydrogen-bond acceptors (Lipinski definition) is 3. The number of rotatable bonds is 2. The lowest BCUT2D eigenvalue weighted by molar-refractivity contribution is 0.511. The van der Waals surface area contributed by atoms with Gasteiger partial charge in [0.05, 0.1) is 0 Å². The van der Waals surface area contributed by atoms with Crippen LogP contribution in [0.15, 0.2) is 18.2 Å². The van der Waals surface area contributed by atoms with E-state index in [0.29, 0.717) is 5.82 Å². The average Bonchev–Trinajstić information content (AvgIpc) is 2.61. The number of imidazole rings is 1. The summed E-state index contributed by atoms with van der Waals surface area (Å²) in [6, 6.07) is 3.86. The maximum Gasteiger partial charge on any atom is 0.168 e. The summed E-state index contributed by atoms with van der Waals surface area (Å²) in [5, 5.41) is 0. The summed E-state index contributed by atoms with van der Waals surface area (Å²) < 4.78 is 28.1. The number of anilines is 1. The summed E-state index contributed by atoms with van der Waals surface area (Å²) in [6.07, 6.45) is 0. The Morgan fingerprint density at radius 3 is 2.50 bits per heavy atom. The Hall–Kier alpha value is -2.11. The van der Waals surface area contributed by atoms with Gasteiger partial charge >= 0.3 is 0 Å². The first-order valence-corrected chi connectivity index (χ1v) is 5.51. The average molecular weight is 252 g/mol. The van der Waals surface area contributed by atoms with E-state index in [1.807, 2.05) is 13.8 Å². The van der Waals surface area contributed by atoms with Gasteiger partial charge in [-0.3, -0.25) is 0 Å². The standard InChI is InChI=1S/C12H14F2N4/c1-6(2)12-17-10(11(15)18(12)16)7-4-3-5-8(13)9(7)14/h3-6H,15-16H2,1-2H3. The molecular formula is C12H14F2N4. The van der Waals surface area contributed by atoms with Crippen LogP contribution in [0, 0.1) is 11.6 Å². The van der Waals surface area contributed by atoms with Crippen LogP contribution < -0.4 is 11.6 Å². The molecule has 0 unspecified atom stereocenters. The second-order valence-corrected chi connectivity index (χ2v) is 4.33. The van der Waals surface area contributed by atoms with Crippen molar-refractivity contribution in [2.24, 2.45) is 0 Å². The molecule has 0 atom stereocenters. The highest BCUT2D eigenvalue weighted by Crippen LogP contribution is 2.30. The Labute approximate surface area is 103 Å². The highest BCUT2D eigenvalue weighted by Gasteiger charge is 2.20. The third kappa shape index (κ3) is 1.79. The highest BCUT2D eigenvalue weighted by molar-refractivity contribution is 5.71. The molecular weight excluding hydrogens is 238 g/mol. The quantitative estimate of drug-likeness (QED) is 0.805. The molecule has 0 aliphatic rings. The van der Waals surface area contributed by atoms with E-state index >= 15 is 0 Å². The van der Waals surface area contributed by atoms with Crippen molar-refractivity contribution in [3.8, 4) is 11.3 Å². The zero-order chi connectivity index (χ0) is 13.4. The van der Waals surface area contributed by atoms with E-state index < -0.39 is 11.6 Å². The lowest BCUT2D eigenvalue weighted by Crippen LogP contribution is -2.16. The second-order valence-electron chi connectivity index (χ2n) is 4.33. The van der Waals surface area contributed by atoms with Crippen molar-refractivity contribution < 1.29 is 8.78 Å². The lowest BCUT2D eigenvalue weighted by Gasteiger charge is -2.04. The molecule has 6 heteroatoms. The van der Waals surface area contributed by atoms with E-state index in [0.717, 1.165) is 6.07 Å². The molecule has 1 aromatic carbocycles. The van der Waals surface area contributed by atoms with Crippen LogP contribution in [0.1, 0.15) is 25.6 Å². The number of nitrogens with zero attached hydrogens (tertiary/aromatic N) is 2. The van der Waals surface area contributed by atoms with Gasteiger partial charge in [0.2, 0.25) is 0 Å². The topological polar surface area (TPSA) is 69.9 Å². The molecule has 1 heterocycles. The van der Waals surface area contributed by atoms with Crippen molar-refractivity contribution in [2.75, 3.05) is 11.6 Å². The first-order valence-electron chi connectivity index (χ1n) is 5.51. The van der Waals surface area contributed by atoms with Gasteiger partial charge in [0.25, 0.3) is 0 Å². The van der Waals surface area contributed by atoms with Gasteiger partial charge in [0.1, 0.15) is 11.5 Å². The van der Waals surface area contributed by atoms with Crippen molar-refractivity contribution in [3.63, 3.8) is 0 Å². The highest BCUT2D eigenvalue weighted by atomic mass is 19.2. The molecule has 0 aliphatic carbocycles. The van der Waals surface area contributed by atoms with Crippen molar-refractivity contribution in [1.29, 1.82) is 0 Å². The van der Waals surface area contributed by atoms with Crippen LogP contribution >= 0.6 is 0 Å². The minimum Gasteiger partial charge on any atom is -0.382 e. The van der Waals surface area contributed by atoms with E-state index in [4.69, 9.17) is 11.6 Å². The number of benzene rings is 1. The molecule has 2 rings (SSSR count). The Balaban J connectivity index is 2.65. The molecule has 18 heavy (non-hydrogen) atoms. The Morgan fingerprint density at radius 1 is 1.28 bits per heavy atom. The molecule has 0 fully saturated rings. The molecule has 0 amide bonds. The predicted molar refractivity (Wildman–Crippen MR) is 66.2 cm³/mol. The van der Waals surface area contributed by atoms with Gasteiger partial charge in [-0.25, -0.2) is 18.4 Å². The molecule has 0 spiro atoms. The third-order valence-electron chi connectivity index (χ3n) is 2.70. The molecule has 2 aromatic rings. The Kier molecular flexibility index (Phi) is 2.94. The first-order chi connectivity index (χ1) is 8.43. The van der Waals surface area contributed by atoms with E-state index in [1.165, 1.54) is 16.8 Å². The van der Waals surface area contributed by atoms with Crippen LogP contribution in [0.5, 0.6) is 0 Å². The summed E-state index contributed by atoms with van der Waals surface area (Å²) in [7, 11) is 0. The summed E-state index contributed by atoms with van der Waals surface area (Å²) in [5.41, 5.74) is 5.96. The van der Waals surface area contributed by atoms with E-state index in [9.17, 15) is 8.78 Å². The molecule has 1 aromatic heterocycles. The molecule has 0 saturated carbocycles. The second kappa shape index (κ2) is 4.29. The fraction of sp³-hybridized carbons (Fsp3) is 0.250. The van der Waals surface area contributed by atoms with Gasteiger partial charge in [0, 0.05) is 11.5 Å². The lowest BCUT2D eigenvalue weighted by atomic mass is 10.1. The summed E-state index contributed by atoms with van der Waals surface area (Å²) in [6.45, 7) is 3.77. The fourth-order valence-corrected chi connectivity index (χ4v) is 1.76. The third-order valence-corrected chi connectivity index (χ3v) is 2.70. The first kappa shape index (κ1) is 12.3. The van der Waals surface area contributed by atoms with Crippen molar-refractivity contribution in [2.45, 2.75) is 19.8 Å². The smallest absolute Gasteiger partial charge is 0.168 e. The van der Waals surface area contributed by atoms with Crippen LogP contribution in [0.3, 0.4) is 0 Å². The maximum atomic E-state index is 13.7. The molecule has 0 saturated heterocycles. The van der Waals surface area contributed by atoms with E-state index in [-0.39, 0.29) is 23.0 Å². The fourth-order valence-electron chi connectivity index (χ4n) is 1.76. The normalized spacial score (nSPS) is 11.2. The molecule has 96 valence electrons. The molecule has 0 radical (unpaired) electrons. The van der Waals surface area contributed by atoms with Crippen LogP contribution in [0.4, 0.5) is 14.6 Å². The number of aromatic nitrogens is 2. The zero-order valence-electron chi connectivity index (χ0n) is 10.1. The zero-order valence-corrected chi connectivity index (χ0v) is 10.1. The summed E-state index contributed by atoms with van der Waals surface area (Å²) in [5.74, 6) is 4.49.